The van der Waals surface area contributed by atoms with Crippen LogP contribution in [0.2, 0.25) is 5.02 Å². The third kappa shape index (κ3) is 10.7. The van der Waals surface area contributed by atoms with Gasteiger partial charge in [-0.05, 0) is 74.0 Å². The summed E-state index contributed by atoms with van der Waals surface area (Å²) in [5.41, 5.74) is 7.79. The Morgan fingerprint density at radius 3 is 2.49 bits per heavy atom. The maximum Gasteiger partial charge on any atom is 0.266 e. The molecule has 12 nitrogen and oxygen atoms in total. The van der Waals surface area contributed by atoms with Gasteiger partial charge in [0.1, 0.15) is 23.4 Å². The first-order valence-electron chi connectivity index (χ1n) is 16.7. The van der Waals surface area contributed by atoms with Crippen LogP contribution in [-0.4, -0.2) is 79.5 Å². The molecule has 0 radical (unpaired) electrons. The molecule has 1 aliphatic rings. The van der Waals surface area contributed by atoms with E-state index in [1.807, 2.05) is 30.3 Å². The normalized spacial score (nSPS) is 17.4. The number of unbranched alkanes of at least 4 members (excludes halogenated alkanes) is 1. The maximum absolute atomic E-state index is 14.2. The Balaban J connectivity index is 1.39. The van der Waals surface area contributed by atoms with E-state index in [4.69, 9.17) is 26.5 Å². The van der Waals surface area contributed by atoms with E-state index in [0.717, 1.165) is 23.4 Å². The van der Waals surface area contributed by atoms with Gasteiger partial charge in [0.15, 0.2) is 5.58 Å². The van der Waals surface area contributed by atoms with Gasteiger partial charge in [-0.2, -0.15) is 0 Å². The Bertz CT molecular complexity index is 1930. The van der Waals surface area contributed by atoms with Gasteiger partial charge in [-0.3, -0.25) is 14.4 Å². The molecular weight excluding hydrogens is 701 g/mol. The number of aryl methyl sites for hydroxylation is 1. The molecule has 0 saturated carbocycles. The number of fused-ring (bicyclic) bond motifs is 1. The summed E-state index contributed by atoms with van der Waals surface area (Å²) in [6.07, 6.45) is 2.26. The van der Waals surface area contributed by atoms with Crippen molar-refractivity contribution in [2.24, 2.45) is 5.73 Å². The van der Waals surface area contributed by atoms with E-state index in [1.165, 1.54) is 17.0 Å². The number of oxazole rings is 1. The highest BCUT2D eigenvalue weighted by atomic mass is 35.5. The van der Waals surface area contributed by atoms with Gasteiger partial charge >= 0.3 is 0 Å². The van der Waals surface area contributed by atoms with Gasteiger partial charge in [0, 0.05) is 24.1 Å². The van der Waals surface area contributed by atoms with Gasteiger partial charge in [0.05, 0.1) is 25.0 Å². The molecule has 0 aliphatic carbocycles. The summed E-state index contributed by atoms with van der Waals surface area (Å²) in [6.45, 7) is 0.544. The van der Waals surface area contributed by atoms with E-state index in [9.17, 15) is 27.2 Å². The summed E-state index contributed by atoms with van der Waals surface area (Å²) in [5.74, 6) is -2.70. The lowest BCUT2D eigenvalue weighted by Crippen LogP contribution is -2.55. The van der Waals surface area contributed by atoms with Crippen molar-refractivity contribution in [3.8, 4) is 0 Å². The van der Waals surface area contributed by atoms with E-state index < -0.39 is 57.7 Å². The summed E-state index contributed by atoms with van der Waals surface area (Å²) in [4.78, 5) is 47.5. The molecule has 0 bridgehead atoms. The lowest BCUT2D eigenvalue weighted by Gasteiger charge is -2.29. The smallest absolute Gasteiger partial charge is 0.266 e. The number of hydrogen-bond acceptors (Lipinski definition) is 9. The quantitative estimate of drug-likeness (QED) is 0.106. The second-order valence-corrected chi connectivity index (χ2v) is 14.8. The molecule has 2 heterocycles. The average Bonchev–Trinajstić information content (AvgIpc) is 3.73. The minimum absolute atomic E-state index is 0.000266. The number of ketones is 1. The van der Waals surface area contributed by atoms with Crippen molar-refractivity contribution in [2.45, 2.75) is 69.4 Å². The zero-order valence-electron chi connectivity index (χ0n) is 28.1. The van der Waals surface area contributed by atoms with Crippen molar-refractivity contribution in [2.75, 3.05) is 19.3 Å². The number of halogens is 2. The molecule has 1 fully saturated rings. The van der Waals surface area contributed by atoms with E-state index in [0.29, 0.717) is 30.8 Å². The lowest BCUT2D eigenvalue weighted by molar-refractivity contribution is -0.140. The van der Waals surface area contributed by atoms with Crippen LogP contribution in [0, 0.1) is 5.82 Å². The standard InChI is InChI=1S/C36H41ClFN5O7S/c1-51(47,48)42-30(16-12-23-7-3-2-4-8-23)36(46)43-21-27(49-22-24-10-13-25(37)14-11-24)20-31(43)34(45)40-29(9-5-6-18-39)33(44)35-41-28-17-15-26(38)19-32(28)50-35/h2-4,7-8,10-11,13-15,17,19,27,29-31,42H,5-6,9,12,16,18,20-22,39H2,1H3,(H,40,45)/t27-,29+,30-,31+/m1/s1. The van der Waals surface area contributed by atoms with E-state index >= 15 is 0 Å². The molecule has 15 heteroatoms. The predicted molar refractivity (Wildman–Crippen MR) is 190 cm³/mol. The SMILES string of the molecule is CS(=O)(=O)N[C@H](CCc1ccccc1)C(=O)N1C[C@H](OCc2ccc(Cl)cc2)C[C@H]1C(=O)N[C@@H](CCCCN)C(=O)c1nc2ccc(F)cc2o1. The van der Waals surface area contributed by atoms with Crippen LogP contribution in [0.25, 0.3) is 11.1 Å². The van der Waals surface area contributed by atoms with Crippen LogP contribution in [0.4, 0.5) is 4.39 Å². The first kappa shape index (κ1) is 38.0. The number of likely N-dealkylation sites (tertiary alicyclic amines) is 1. The second kappa shape index (κ2) is 17.3. The number of nitrogens with two attached hydrogens (primary N) is 1. The fraction of sp³-hybridized carbons (Fsp3) is 0.389. The highest BCUT2D eigenvalue weighted by molar-refractivity contribution is 7.88. The summed E-state index contributed by atoms with van der Waals surface area (Å²) in [6, 6.07) is 16.7. The number of ether oxygens (including phenoxy) is 1. The summed E-state index contributed by atoms with van der Waals surface area (Å²) < 4.78 is 52.8. The minimum atomic E-state index is -3.83. The molecular formula is C36H41ClFN5O7S. The molecule has 3 aromatic carbocycles. The minimum Gasteiger partial charge on any atom is -0.434 e. The van der Waals surface area contributed by atoms with Gasteiger partial charge in [0.25, 0.3) is 5.89 Å². The zero-order chi connectivity index (χ0) is 36.5. The Labute approximate surface area is 300 Å². The molecule has 0 unspecified atom stereocenters. The van der Waals surface area contributed by atoms with Gasteiger partial charge in [-0.1, -0.05) is 54.1 Å². The highest BCUT2D eigenvalue weighted by Gasteiger charge is 2.43. The van der Waals surface area contributed by atoms with Crippen molar-refractivity contribution in [1.82, 2.24) is 19.9 Å². The van der Waals surface area contributed by atoms with Crippen molar-refractivity contribution >= 4 is 50.3 Å². The van der Waals surface area contributed by atoms with Crippen LogP contribution in [0.15, 0.2) is 77.2 Å². The van der Waals surface area contributed by atoms with Crippen molar-refractivity contribution in [3.63, 3.8) is 0 Å². The van der Waals surface area contributed by atoms with Crippen LogP contribution in [0.1, 0.15) is 53.9 Å². The largest absolute Gasteiger partial charge is 0.434 e. The molecule has 1 aromatic heterocycles. The third-order valence-electron chi connectivity index (χ3n) is 8.61. The van der Waals surface area contributed by atoms with Crippen molar-refractivity contribution in [3.05, 3.63) is 101 Å². The second-order valence-electron chi connectivity index (χ2n) is 12.6. The number of benzene rings is 3. The summed E-state index contributed by atoms with van der Waals surface area (Å²) >= 11 is 6.02. The van der Waals surface area contributed by atoms with Crippen LogP contribution < -0.4 is 15.8 Å². The number of Topliss-reactive ketones (excluding diaryl/α,β-unsaturated/α-hetero) is 1. The first-order valence-corrected chi connectivity index (χ1v) is 19.0. The highest BCUT2D eigenvalue weighted by Crippen LogP contribution is 2.26. The van der Waals surface area contributed by atoms with Crippen LogP contribution in [0.3, 0.4) is 0 Å². The first-order chi connectivity index (χ1) is 24.4. The molecule has 4 atom stereocenters. The van der Waals surface area contributed by atoms with Gasteiger partial charge in [-0.25, -0.2) is 22.5 Å². The fourth-order valence-electron chi connectivity index (χ4n) is 6.03. The lowest BCUT2D eigenvalue weighted by atomic mass is 10.0. The number of nitrogens with zero attached hydrogens (tertiary/aromatic N) is 2. The number of aromatic nitrogens is 1. The summed E-state index contributed by atoms with van der Waals surface area (Å²) in [5, 5.41) is 3.36. The summed E-state index contributed by atoms with van der Waals surface area (Å²) in [7, 11) is -3.83. The van der Waals surface area contributed by atoms with Crippen LogP contribution in [-0.2, 0) is 37.4 Å². The van der Waals surface area contributed by atoms with E-state index in [-0.39, 0.29) is 49.4 Å². The van der Waals surface area contributed by atoms with Gasteiger partial charge < -0.3 is 25.1 Å². The molecule has 1 saturated heterocycles. The van der Waals surface area contributed by atoms with Crippen LogP contribution >= 0.6 is 11.6 Å². The Hall–Kier alpha value is -4.21. The molecule has 51 heavy (non-hydrogen) atoms. The molecule has 272 valence electrons. The molecule has 2 amide bonds. The topological polar surface area (TPSA) is 174 Å². The Morgan fingerprint density at radius 2 is 1.78 bits per heavy atom. The number of sulfonamides is 1. The number of hydrogen-bond donors (Lipinski definition) is 3. The molecule has 4 aromatic rings. The van der Waals surface area contributed by atoms with Crippen molar-refractivity contribution < 1.29 is 36.3 Å². The molecule has 1 aliphatic heterocycles. The number of nitrogens with one attached hydrogen (secondary N) is 2. The van der Waals surface area contributed by atoms with Crippen LogP contribution in [0.5, 0.6) is 0 Å². The van der Waals surface area contributed by atoms with E-state index in [2.05, 4.69) is 15.0 Å². The molecule has 4 N–H and O–H groups in total. The average molecular weight is 742 g/mol. The van der Waals surface area contributed by atoms with E-state index in [1.54, 1.807) is 24.3 Å². The zero-order valence-corrected chi connectivity index (χ0v) is 29.7. The van der Waals surface area contributed by atoms with Crippen molar-refractivity contribution in [1.29, 1.82) is 0 Å². The Morgan fingerprint density at radius 1 is 1.04 bits per heavy atom. The molecule has 5 rings (SSSR count). The molecule has 0 spiro atoms. The number of carbonyl (C=O) groups excluding carboxylic acids is 3. The number of rotatable bonds is 17. The van der Waals surface area contributed by atoms with Gasteiger partial charge in [-0.15, -0.1) is 0 Å². The Kier molecular flexibility index (Phi) is 12.9. The predicted octanol–water partition coefficient (Wildman–Crippen LogP) is 4.15. The monoisotopic (exact) mass is 741 g/mol. The number of carbonyl (C=O) groups is 3. The number of amides is 2. The van der Waals surface area contributed by atoms with Gasteiger partial charge in [0.2, 0.25) is 27.6 Å². The third-order valence-corrected chi connectivity index (χ3v) is 9.57. The fourth-order valence-corrected chi connectivity index (χ4v) is 6.90. The maximum atomic E-state index is 14.2.